The second-order valence-corrected chi connectivity index (χ2v) is 4.71. The van der Waals surface area contributed by atoms with Crippen molar-refractivity contribution in [3.8, 4) is 5.75 Å². The molecule has 0 aliphatic carbocycles. The molecule has 2 atom stereocenters. The smallest absolute Gasteiger partial charge is 0.321 e. The summed E-state index contributed by atoms with van der Waals surface area (Å²) in [6, 6.07) is 4.37. The quantitative estimate of drug-likeness (QED) is 0.787. The normalized spacial score (nSPS) is 13.2. The predicted molar refractivity (Wildman–Crippen MR) is 76.7 cm³/mol. The van der Waals surface area contributed by atoms with E-state index in [0.717, 1.165) is 5.56 Å². The van der Waals surface area contributed by atoms with Crippen LogP contribution in [0.1, 0.15) is 25.5 Å². The Morgan fingerprint density at radius 2 is 2.00 bits per heavy atom. The van der Waals surface area contributed by atoms with Crippen LogP contribution in [-0.2, 0) is 4.79 Å². The van der Waals surface area contributed by atoms with Crippen LogP contribution in [0.15, 0.2) is 18.2 Å². The summed E-state index contributed by atoms with van der Waals surface area (Å²) < 4.78 is 5.42. The summed E-state index contributed by atoms with van der Waals surface area (Å²) in [5.74, 6) is -0.202. The number of carbonyl (C=O) groups is 2. The maximum Gasteiger partial charge on any atom is 0.321 e. The van der Waals surface area contributed by atoms with Crippen molar-refractivity contribution in [1.82, 2.24) is 10.6 Å². The summed E-state index contributed by atoms with van der Waals surface area (Å²) in [5, 5.41) is 4.76. The van der Waals surface area contributed by atoms with Crippen molar-refractivity contribution >= 4 is 23.5 Å². The molecule has 1 aromatic carbocycles. The fourth-order valence-corrected chi connectivity index (χ4v) is 1.65. The molecule has 4 N–H and O–H groups in total. The van der Waals surface area contributed by atoms with Crippen molar-refractivity contribution < 1.29 is 14.3 Å². The van der Waals surface area contributed by atoms with E-state index >= 15 is 0 Å². The van der Waals surface area contributed by atoms with E-state index in [1.54, 1.807) is 18.2 Å². The molecule has 0 aliphatic heterocycles. The van der Waals surface area contributed by atoms with Gasteiger partial charge in [-0.1, -0.05) is 17.7 Å². The minimum absolute atomic E-state index is 0.143. The number of rotatable bonds is 4. The minimum Gasteiger partial charge on any atom is -0.479 e. The van der Waals surface area contributed by atoms with Crippen LogP contribution in [0.3, 0.4) is 0 Å². The summed E-state index contributed by atoms with van der Waals surface area (Å²) >= 11 is 6.06. The van der Waals surface area contributed by atoms with Gasteiger partial charge in [-0.15, -0.1) is 0 Å². The zero-order valence-electron chi connectivity index (χ0n) is 11.6. The zero-order valence-corrected chi connectivity index (χ0v) is 12.3. The zero-order chi connectivity index (χ0) is 15.3. The van der Waals surface area contributed by atoms with Crippen molar-refractivity contribution in [3.63, 3.8) is 0 Å². The number of nitrogens with one attached hydrogen (secondary N) is 2. The lowest BCUT2D eigenvalue weighted by Crippen LogP contribution is -2.43. The van der Waals surface area contributed by atoms with E-state index in [9.17, 15) is 9.59 Å². The highest BCUT2D eigenvalue weighted by Gasteiger charge is 2.18. The molecule has 0 heterocycles. The highest BCUT2D eigenvalue weighted by Crippen LogP contribution is 2.28. The second kappa shape index (κ2) is 7.12. The van der Waals surface area contributed by atoms with Gasteiger partial charge in [-0.2, -0.15) is 0 Å². The minimum atomic E-state index is -0.856. The van der Waals surface area contributed by atoms with Gasteiger partial charge < -0.3 is 15.8 Å². The third kappa shape index (κ3) is 4.40. The number of ether oxygens (including phenoxy) is 1. The largest absolute Gasteiger partial charge is 0.479 e. The van der Waals surface area contributed by atoms with Gasteiger partial charge in [-0.3, -0.25) is 10.1 Å². The second-order valence-electron chi connectivity index (χ2n) is 4.31. The summed E-state index contributed by atoms with van der Waals surface area (Å²) in [6.07, 6.45) is -0.856. The van der Waals surface area contributed by atoms with Crippen molar-refractivity contribution in [1.29, 1.82) is 0 Å². The number of halogens is 1. The fourth-order valence-electron chi connectivity index (χ4n) is 1.42. The lowest BCUT2D eigenvalue weighted by molar-refractivity contribution is -0.126. The van der Waals surface area contributed by atoms with Crippen LogP contribution in [0.4, 0.5) is 4.79 Å². The van der Waals surface area contributed by atoms with Gasteiger partial charge in [0.1, 0.15) is 5.75 Å². The van der Waals surface area contributed by atoms with Gasteiger partial charge in [0.15, 0.2) is 6.10 Å². The van der Waals surface area contributed by atoms with Crippen molar-refractivity contribution in [2.24, 2.45) is 5.73 Å². The molecule has 1 rings (SSSR count). The van der Waals surface area contributed by atoms with Crippen LogP contribution in [0.25, 0.3) is 0 Å². The van der Waals surface area contributed by atoms with E-state index in [1.165, 1.54) is 14.0 Å². The molecule has 110 valence electrons. The summed E-state index contributed by atoms with van der Waals surface area (Å²) in [6.45, 7) is 3.36. The van der Waals surface area contributed by atoms with E-state index < -0.39 is 18.0 Å². The third-order valence-corrected chi connectivity index (χ3v) is 2.91. The van der Waals surface area contributed by atoms with Gasteiger partial charge in [0, 0.05) is 13.1 Å². The maximum atomic E-state index is 11.6. The maximum absolute atomic E-state index is 11.6. The number of amides is 3. The van der Waals surface area contributed by atoms with Gasteiger partial charge in [-0.25, -0.2) is 4.79 Å². The molecule has 7 heteroatoms. The monoisotopic (exact) mass is 299 g/mol. The average Bonchev–Trinajstić information content (AvgIpc) is 2.40. The van der Waals surface area contributed by atoms with E-state index in [0.29, 0.717) is 10.8 Å². The molecule has 1 aromatic rings. The standard InChI is InChI=1S/C13H18ClN3O3/c1-7(15)9-4-5-11(10(14)6-9)20-8(2)12(18)17-13(19)16-3/h4-8H,15H2,1-3H3,(H2,16,17,18,19)/t7-,8?/m1/s1. The number of nitrogens with two attached hydrogens (primary N) is 1. The molecule has 6 nitrogen and oxygen atoms in total. The molecule has 1 unspecified atom stereocenters. The Bertz CT molecular complexity index is 506. The van der Waals surface area contributed by atoms with E-state index in [1.807, 2.05) is 6.92 Å². The van der Waals surface area contributed by atoms with Crippen LogP contribution in [0.5, 0.6) is 5.75 Å². The van der Waals surface area contributed by atoms with Crippen molar-refractivity contribution in [3.05, 3.63) is 28.8 Å². The van der Waals surface area contributed by atoms with Gasteiger partial charge in [-0.05, 0) is 31.5 Å². The highest BCUT2D eigenvalue weighted by molar-refractivity contribution is 6.32. The first-order valence-electron chi connectivity index (χ1n) is 6.09. The van der Waals surface area contributed by atoms with Gasteiger partial charge in [0.25, 0.3) is 5.91 Å². The van der Waals surface area contributed by atoms with Crippen molar-refractivity contribution in [2.75, 3.05) is 7.05 Å². The molecular formula is C13H18ClN3O3. The van der Waals surface area contributed by atoms with Crippen LogP contribution in [0, 0.1) is 0 Å². The Labute approximate surface area is 122 Å². The molecule has 0 bridgehead atoms. The highest BCUT2D eigenvalue weighted by atomic mass is 35.5. The van der Waals surface area contributed by atoms with E-state index in [4.69, 9.17) is 22.1 Å². The number of imide groups is 1. The Balaban J connectivity index is 2.73. The van der Waals surface area contributed by atoms with Crippen LogP contribution >= 0.6 is 11.6 Å². The number of benzene rings is 1. The fraction of sp³-hybridized carbons (Fsp3) is 0.385. The van der Waals surface area contributed by atoms with Gasteiger partial charge >= 0.3 is 6.03 Å². The summed E-state index contributed by atoms with van der Waals surface area (Å²) in [7, 11) is 1.41. The number of hydrogen-bond donors (Lipinski definition) is 3. The van der Waals surface area contributed by atoms with E-state index in [2.05, 4.69) is 10.6 Å². The predicted octanol–water partition coefficient (Wildman–Crippen LogP) is 1.58. The average molecular weight is 300 g/mol. The Morgan fingerprint density at radius 1 is 1.35 bits per heavy atom. The SMILES string of the molecule is CNC(=O)NC(=O)C(C)Oc1ccc([C@@H](C)N)cc1Cl. The summed E-state index contributed by atoms with van der Waals surface area (Å²) in [4.78, 5) is 22.7. The molecule has 0 aliphatic rings. The van der Waals surface area contributed by atoms with Crippen LogP contribution in [0.2, 0.25) is 5.02 Å². The molecule has 0 radical (unpaired) electrons. The molecule has 0 saturated heterocycles. The van der Waals surface area contributed by atoms with E-state index in [-0.39, 0.29) is 6.04 Å². The lowest BCUT2D eigenvalue weighted by atomic mass is 10.1. The van der Waals surface area contributed by atoms with Gasteiger partial charge in [0.05, 0.1) is 5.02 Å². The molecule has 20 heavy (non-hydrogen) atoms. The number of hydrogen-bond acceptors (Lipinski definition) is 4. The Kier molecular flexibility index (Phi) is 5.79. The third-order valence-electron chi connectivity index (χ3n) is 2.62. The first kappa shape index (κ1) is 16.3. The topological polar surface area (TPSA) is 93.5 Å². The summed E-state index contributed by atoms with van der Waals surface area (Å²) in [5.41, 5.74) is 6.61. The first-order chi connectivity index (χ1) is 9.35. The van der Waals surface area contributed by atoms with Crippen molar-refractivity contribution in [2.45, 2.75) is 26.0 Å². The Hall–Kier alpha value is -1.79. The number of carbonyl (C=O) groups excluding carboxylic acids is 2. The molecule has 0 aromatic heterocycles. The lowest BCUT2D eigenvalue weighted by Gasteiger charge is -2.16. The van der Waals surface area contributed by atoms with Crippen LogP contribution in [-0.4, -0.2) is 25.1 Å². The van der Waals surface area contributed by atoms with Crippen LogP contribution < -0.4 is 21.1 Å². The molecule has 0 fully saturated rings. The molecule has 0 saturated carbocycles. The Morgan fingerprint density at radius 3 is 2.50 bits per heavy atom. The molecule has 3 amide bonds. The number of urea groups is 1. The molecular weight excluding hydrogens is 282 g/mol. The van der Waals surface area contributed by atoms with Gasteiger partial charge in [0.2, 0.25) is 0 Å². The molecule has 0 spiro atoms. The first-order valence-corrected chi connectivity index (χ1v) is 6.47.